The van der Waals surface area contributed by atoms with Crippen molar-refractivity contribution in [3.8, 4) is 5.75 Å². The van der Waals surface area contributed by atoms with Crippen molar-refractivity contribution in [1.29, 1.82) is 0 Å². The number of halogens is 1. The molecule has 0 atom stereocenters. The lowest BCUT2D eigenvalue weighted by molar-refractivity contribution is -0.126. The van der Waals surface area contributed by atoms with Gasteiger partial charge in [0.2, 0.25) is 5.91 Å². The number of ether oxygens (including phenoxy) is 1. The number of imide groups is 1. The predicted molar refractivity (Wildman–Crippen MR) is 87.2 cm³/mol. The molecule has 1 aromatic rings. The summed E-state index contributed by atoms with van der Waals surface area (Å²) in [6.07, 6.45) is 0. The van der Waals surface area contributed by atoms with Crippen LogP contribution in [0.2, 0.25) is 0 Å². The maximum atomic E-state index is 11.6. The average molecular weight is 420 g/mol. The van der Waals surface area contributed by atoms with Gasteiger partial charge in [0.05, 0.1) is 5.75 Å². The van der Waals surface area contributed by atoms with Gasteiger partial charge < -0.3 is 10.1 Å². The van der Waals surface area contributed by atoms with Crippen LogP contribution in [0.4, 0.5) is 4.79 Å². The van der Waals surface area contributed by atoms with E-state index in [0.29, 0.717) is 5.75 Å². The summed E-state index contributed by atoms with van der Waals surface area (Å²) in [7, 11) is 0. The molecule has 1 aliphatic heterocycles. The van der Waals surface area contributed by atoms with Crippen LogP contribution in [-0.4, -0.2) is 47.4 Å². The number of carbonyl (C=O) groups is 3. The summed E-state index contributed by atoms with van der Waals surface area (Å²) in [5.74, 6) is 0.296. The Hall–Kier alpha value is -1.29. The number of hydrogen-bond donors (Lipinski definition) is 1. The molecule has 1 aromatic carbocycles. The van der Waals surface area contributed by atoms with Crippen LogP contribution in [0.1, 0.15) is 0 Å². The van der Waals surface area contributed by atoms with Gasteiger partial charge in [-0.05, 0) is 46.9 Å². The maximum Gasteiger partial charge on any atom is 0.288 e. The van der Waals surface area contributed by atoms with Crippen LogP contribution in [0.15, 0.2) is 24.3 Å². The molecule has 0 radical (unpaired) electrons. The van der Waals surface area contributed by atoms with E-state index in [1.54, 1.807) is 12.1 Å². The lowest BCUT2D eigenvalue weighted by Crippen LogP contribution is -2.38. The van der Waals surface area contributed by atoms with Crippen molar-refractivity contribution in [3.63, 3.8) is 0 Å². The number of nitrogens with zero attached hydrogens (tertiary/aromatic N) is 1. The highest BCUT2D eigenvalue weighted by molar-refractivity contribution is 14.1. The van der Waals surface area contributed by atoms with E-state index in [-0.39, 0.29) is 42.5 Å². The quantitative estimate of drug-likeness (QED) is 0.706. The number of thioether (sulfide) groups is 1. The van der Waals surface area contributed by atoms with Crippen LogP contribution in [0.5, 0.6) is 5.75 Å². The average Bonchev–Trinajstić information content (AvgIpc) is 2.78. The monoisotopic (exact) mass is 420 g/mol. The molecule has 2 rings (SSSR count). The number of rotatable bonds is 6. The molecule has 0 saturated carbocycles. The molecular weight excluding hydrogens is 407 g/mol. The number of benzene rings is 1. The molecular formula is C13H13IN2O4S. The van der Waals surface area contributed by atoms with E-state index >= 15 is 0 Å². The molecule has 1 heterocycles. The van der Waals surface area contributed by atoms with E-state index in [1.165, 1.54) is 0 Å². The van der Waals surface area contributed by atoms with Crippen molar-refractivity contribution in [2.75, 3.05) is 25.4 Å². The topological polar surface area (TPSA) is 75.7 Å². The van der Waals surface area contributed by atoms with Gasteiger partial charge in [-0.1, -0.05) is 11.8 Å². The molecule has 0 unspecified atom stereocenters. The Morgan fingerprint density at radius 2 is 2.05 bits per heavy atom. The van der Waals surface area contributed by atoms with Gasteiger partial charge in [0.25, 0.3) is 11.1 Å². The van der Waals surface area contributed by atoms with Crippen LogP contribution < -0.4 is 10.1 Å². The summed E-state index contributed by atoms with van der Waals surface area (Å²) < 4.78 is 6.41. The molecule has 112 valence electrons. The molecule has 21 heavy (non-hydrogen) atoms. The fourth-order valence-electron chi connectivity index (χ4n) is 1.63. The zero-order valence-electron chi connectivity index (χ0n) is 11.0. The SMILES string of the molecule is O=C(COc1ccc(I)cc1)NCCN1C(=O)CSC1=O. The van der Waals surface area contributed by atoms with Crippen LogP contribution in [0.3, 0.4) is 0 Å². The van der Waals surface area contributed by atoms with Gasteiger partial charge in [0, 0.05) is 16.7 Å². The molecule has 3 amide bonds. The summed E-state index contributed by atoms with van der Waals surface area (Å²) in [4.78, 5) is 35.4. The van der Waals surface area contributed by atoms with Gasteiger partial charge in [0.1, 0.15) is 5.75 Å². The first kappa shape index (κ1) is 16.1. The minimum absolute atomic E-state index is 0.1000. The van der Waals surface area contributed by atoms with Gasteiger partial charge in [0.15, 0.2) is 6.61 Å². The first-order valence-corrected chi connectivity index (χ1v) is 8.25. The summed E-state index contributed by atoms with van der Waals surface area (Å²) in [6.45, 7) is 0.324. The predicted octanol–water partition coefficient (Wildman–Crippen LogP) is 1.48. The van der Waals surface area contributed by atoms with Crippen molar-refractivity contribution in [1.82, 2.24) is 10.2 Å². The molecule has 1 fully saturated rings. The fourth-order valence-corrected chi connectivity index (χ4v) is 2.75. The Morgan fingerprint density at radius 1 is 1.33 bits per heavy atom. The third kappa shape index (κ3) is 4.88. The van der Waals surface area contributed by atoms with Gasteiger partial charge in [-0.15, -0.1) is 0 Å². The van der Waals surface area contributed by atoms with E-state index < -0.39 is 0 Å². The zero-order valence-corrected chi connectivity index (χ0v) is 14.0. The molecule has 0 bridgehead atoms. The van der Waals surface area contributed by atoms with Gasteiger partial charge in [-0.3, -0.25) is 19.3 Å². The lowest BCUT2D eigenvalue weighted by Gasteiger charge is -2.13. The Kier molecular flexibility index (Phi) is 5.85. The molecule has 6 nitrogen and oxygen atoms in total. The molecule has 1 saturated heterocycles. The maximum absolute atomic E-state index is 11.6. The second kappa shape index (κ2) is 7.64. The Morgan fingerprint density at radius 3 is 2.67 bits per heavy atom. The van der Waals surface area contributed by atoms with E-state index in [2.05, 4.69) is 27.9 Å². The molecule has 1 N–H and O–H groups in total. The number of amides is 3. The number of hydrogen-bond acceptors (Lipinski definition) is 5. The minimum Gasteiger partial charge on any atom is -0.484 e. The third-order valence-corrected chi connectivity index (χ3v) is 4.26. The van der Waals surface area contributed by atoms with Crippen LogP contribution in [0, 0.1) is 3.57 Å². The van der Waals surface area contributed by atoms with Crippen molar-refractivity contribution in [3.05, 3.63) is 27.8 Å². The van der Waals surface area contributed by atoms with Crippen LogP contribution in [0.25, 0.3) is 0 Å². The third-order valence-electron chi connectivity index (χ3n) is 2.68. The summed E-state index contributed by atoms with van der Waals surface area (Å²) in [5, 5.41) is 2.35. The normalized spacial score (nSPS) is 14.4. The standard InChI is InChI=1S/C13H13IN2O4S/c14-9-1-3-10(4-2-9)20-7-11(17)15-5-6-16-12(18)8-21-13(16)19/h1-4H,5-8H2,(H,15,17). The van der Waals surface area contributed by atoms with Crippen molar-refractivity contribution in [2.24, 2.45) is 0 Å². The number of nitrogens with one attached hydrogen (secondary N) is 1. The lowest BCUT2D eigenvalue weighted by atomic mass is 10.3. The second-order valence-corrected chi connectivity index (χ2v) is 6.36. The Labute approximate surface area is 139 Å². The molecule has 0 spiro atoms. The first-order chi connectivity index (χ1) is 10.1. The van der Waals surface area contributed by atoms with Gasteiger partial charge in [-0.25, -0.2) is 0 Å². The van der Waals surface area contributed by atoms with E-state index in [4.69, 9.17) is 4.74 Å². The summed E-state index contributed by atoms with van der Waals surface area (Å²) in [6, 6.07) is 7.34. The second-order valence-electron chi connectivity index (χ2n) is 4.19. The molecule has 0 aliphatic carbocycles. The highest BCUT2D eigenvalue weighted by Gasteiger charge is 2.29. The smallest absolute Gasteiger partial charge is 0.288 e. The highest BCUT2D eigenvalue weighted by Crippen LogP contribution is 2.17. The van der Waals surface area contributed by atoms with Crippen LogP contribution >= 0.6 is 34.4 Å². The van der Waals surface area contributed by atoms with Crippen molar-refractivity contribution in [2.45, 2.75) is 0 Å². The Bertz CT molecular complexity index is 534. The van der Waals surface area contributed by atoms with E-state index in [9.17, 15) is 14.4 Å². The van der Waals surface area contributed by atoms with E-state index in [1.807, 2.05) is 12.1 Å². The summed E-state index contributed by atoms with van der Waals surface area (Å²) >= 11 is 3.16. The van der Waals surface area contributed by atoms with Crippen LogP contribution in [-0.2, 0) is 9.59 Å². The van der Waals surface area contributed by atoms with Crippen molar-refractivity contribution < 1.29 is 19.1 Å². The van der Waals surface area contributed by atoms with Gasteiger partial charge >= 0.3 is 0 Å². The van der Waals surface area contributed by atoms with Crippen molar-refractivity contribution >= 4 is 51.4 Å². The number of carbonyl (C=O) groups excluding carboxylic acids is 3. The molecule has 0 aromatic heterocycles. The minimum atomic E-state index is -0.291. The van der Waals surface area contributed by atoms with Gasteiger partial charge in [-0.2, -0.15) is 0 Å². The largest absolute Gasteiger partial charge is 0.484 e. The Balaban J connectivity index is 1.67. The molecule has 8 heteroatoms. The molecule has 1 aliphatic rings. The highest BCUT2D eigenvalue weighted by atomic mass is 127. The van der Waals surface area contributed by atoms with E-state index in [0.717, 1.165) is 20.2 Å². The fraction of sp³-hybridized carbons (Fsp3) is 0.308. The summed E-state index contributed by atoms with van der Waals surface area (Å²) in [5.41, 5.74) is 0. The first-order valence-electron chi connectivity index (χ1n) is 6.18. The zero-order chi connectivity index (χ0) is 15.2.